The summed E-state index contributed by atoms with van der Waals surface area (Å²) in [4.78, 5) is 0. The zero-order valence-electron chi connectivity index (χ0n) is 18.1. The van der Waals surface area contributed by atoms with Crippen molar-refractivity contribution in [2.45, 2.75) is 32.5 Å². The molecule has 0 unspecified atom stereocenters. The maximum absolute atomic E-state index is 14.9. The van der Waals surface area contributed by atoms with Crippen molar-refractivity contribution in [1.82, 2.24) is 0 Å². The second-order valence-corrected chi connectivity index (χ2v) is 8.01. The quantitative estimate of drug-likeness (QED) is 0.254. The third-order valence-corrected chi connectivity index (χ3v) is 5.55. The maximum Gasteiger partial charge on any atom is 0.573 e. The Balaban J connectivity index is 1.66. The molecule has 0 atom stereocenters. The van der Waals surface area contributed by atoms with Crippen LogP contribution in [0.2, 0.25) is 0 Å². The molecule has 0 radical (unpaired) electrons. The fourth-order valence-corrected chi connectivity index (χ4v) is 3.89. The van der Waals surface area contributed by atoms with Crippen LogP contribution in [0.3, 0.4) is 0 Å². The molecule has 0 aliphatic rings. The van der Waals surface area contributed by atoms with Gasteiger partial charge in [-0.15, -0.1) is 13.2 Å². The largest absolute Gasteiger partial charge is 0.573 e. The van der Waals surface area contributed by atoms with Crippen molar-refractivity contribution < 1.29 is 31.1 Å². The number of benzene rings is 4. The van der Waals surface area contributed by atoms with Crippen molar-refractivity contribution in [3.8, 4) is 28.0 Å². The number of halogens is 6. The Morgan fingerprint density at radius 1 is 0.676 bits per heavy atom. The summed E-state index contributed by atoms with van der Waals surface area (Å²) in [6.07, 6.45) is -1.91. The first kappa shape index (κ1) is 23.7. The van der Waals surface area contributed by atoms with E-state index in [2.05, 4.69) is 17.7 Å². The summed E-state index contributed by atoms with van der Waals surface area (Å²) in [7, 11) is 0. The molecule has 176 valence electrons. The molecule has 0 amide bonds. The second kappa shape index (κ2) is 9.41. The van der Waals surface area contributed by atoms with Crippen molar-refractivity contribution >= 4 is 10.8 Å². The van der Waals surface area contributed by atoms with Gasteiger partial charge in [-0.2, -0.15) is 0 Å². The Bertz CT molecular complexity index is 1320. The van der Waals surface area contributed by atoms with E-state index in [1.54, 1.807) is 6.07 Å². The van der Waals surface area contributed by atoms with E-state index in [-0.39, 0.29) is 11.1 Å². The van der Waals surface area contributed by atoms with Gasteiger partial charge < -0.3 is 4.74 Å². The fourth-order valence-electron chi connectivity index (χ4n) is 3.89. The number of hydrogen-bond acceptors (Lipinski definition) is 1. The summed E-state index contributed by atoms with van der Waals surface area (Å²) < 4.78 is 84.4. The van der Waals surface area contributed by atoms with Gasteiger partial charge in [-0.25, -0.2) is 13.2 Å². The molecule has 0 bridgehead atoms. The van der Waals surface area contributed by atoms with E-state index in [1.165, 1.54) is 5.56 Å². The Morgan fingerprint density at radius 3 is 1.94 bits per heavy atom. The normalized spacial score (nSPS) is 11.7. The van der Waals surface area contributed by atoms with Gasteiger partial charge in [0.1, 0.15) is 11.6 Å². The minimum Gasteiger partial charge on any atom is -0.403 e. The van der Waals surface area contributed by atoms with Gasteiger partial charge in [0, 0.05) is 0 Å². The number of fused-ring (bicyclic) bond motifs is 1. The zero-order chi connectivity index (χ0) is 24.5. The first-order valence-corrected chi connectivity index (χ1v) is 10.7. The van der Waals surface area contributed by atoms with E-state index in [9.17, 15) is 26.3 Å². The molecule has 7 heteroatoms. The average Bonchev–Trinajstić information content (AvgIpc) is 2.77. The molecule has 0 saturated carbocycles. The molecule has 0 aliphatic carbocycles. The van der Waals surface area contributed by atoms with Crippen LogP contribution in [0.5, 0.6) is 5.75 Å². The first-order valence-electron chi connectivity index (χ1n) is 10.7. The highest BCUT2D eigenvalue weighted by Crippen LogP contribution is 2.35. The number of unbranched alkanes of at least 4 members (excludes halogenated alkanes) is 1. The molecule has 0 aromatic heterocycles. The minimum absolute atomic E-state index is 0.244. The standard InChI is InChI=1S/C27H20F6O/c1-2-3-4-16-5-6-18-12-19(8-7-17(18)11-16)21-14-23(29)26(24(30)15-21)20-9-10-25(22(28)13-20)34-27(31,32)33/h5-15H,2-4H2,1H3. The highest BCUT2D eigenvalue weighted by atomic mass is 19.4. The highest BCUT2D eigenvalue weighted by Gasteiger charge is 2.32. The lowest BCUT2D eigenvalue weighted by molar-refractivity contribution is -0.275. The van der Waals surface area contributed by atoms with E-state index in [4.69, 9.17) is 0 Å². The molecular formula is C27H20F6O. The summed E-state index contributed by atoms with van der Waals surface area (Å²) in [5.41, 5.74) is 1.32. The van der Waals surface area contributed by atoms with E-state index in [1.807, 2.05) is 24.3 Å². The molecule has 0 heterocycles. The summed E-state index contributed by atoms with van der Waals surface area (Å²) in [6, 6.07) is 16.1. The van der Waals surface area contributed by atoms with Gasteiger partial charge in [0.05, 0.1) is 5.56 Å². The topological polar surface area (TPSA) is 9.23 Å². The molecule has 0 spiro atoms. The number of alkyl halides is 3. The van der Waals surface area contributed by atoms with Crippen LogP contribution in [-0.2, 0) is 6.42 Å². The smallest absolute Gasteiger partial charge is 0.403 e. The molecule has 4 aromatic rings. The van der Waals surface area contributed by atoms with Crippen LogP contribution in [0.25, 0.3) is 33.0 Å². The van der Waals surface area contributed by atoms with Crippen molar-refractivity contribution in [2.75, 3.05) is 0 Å². The van der Waals surface area contributed by atoms with Gasteiger partial charge in [-0.05, 0) is 76.2 Å². The van der Waals surface area contributed by atoms with Gasteiger partial charge >= 0.3 is 6.36 Å². The van der Waals surface area contributed by atoms with E-state index >= 15 is 0 Å². The molecule has 0 aliphatic heterocycles. The number of aryl methyl sites for hydroxylation is 1. The molecule has 0 saturated heterocycles. The van der Waals surface area contributed by atoms with Gasteiger partial charge in [0.25, 0.3) is 0 Å². The molecule has 1 nitrogen and oxygen atoms in total. The number of hydrogen-bond donors (Lipinski definition) is 0. The average molecular weight is 474 g/mol. The monoisotopic (exact) mass is 474 g/mol. The number of rotatable bonds is 6. The maximum atomic E-state index is 14.9. The zero-order valence-corrected chi connectivity index (χ0v) is 18.1. The van der Waals surface area contributed by atoms with E-state index < -0.39 is 35.1 Å². The van der Waals surface area contributed by atoms with Crippen molar-refractivity contribution in [2.24, 2.45) is 0 Å². The second-order valence-electron chi connectivity index (χ2n) is 8.01. The predicted octanol–water partition coefficient (Wildman–Crippen LogP) is 8.83. The van der Waals surface area contributed by atoms with Crippen molar-refractivity contribution in [1.29, 1.82) is 0 Å². The van der Waals surface area contributed by atoms with Crippen LogP contribution in [0, 0.1) is 17.5 Å². The minimum atomic E-state index is -5.09. The van der Waals surface area contributed by atoms with Crippen LogP contribution in [0.15, 0.2) is 66.7 Å². The van der Waals surface area contributed by atoms with Crippen LogP contribution in [0.4, 0.5) is 26.3 Å². The van der Waals surface area contributed by atoms with Gasteiger partial charge in [0.2, 0.25) is 0 Å². The lowest BCUT2D eigenvalue weighted by Crippen LogP contribution is -2.17. The Kier molecular flexibility index (Phi) is 6.55. The molecule has 0 fully saturated rings. The summed E-state index contributed by atoms with van der Waals surface area (Å²) >= 11 is 0. The third kappa shape index (κ3) is 5.19. The summed E-state index contributed by atoms with van der Waals surface area (Å²) in [5.74, 6) is -4.39. The number of ether oxygens (including phenoxy) is 1. The molecule has 4 aromatic carbocycles. The lowest BCUT2D eigenvalue weighted by Gasteiger charge is -2.13. The lowest BCUT2D eigenvalue weighted by atomic mass is 9.96. The molecule has 0 N–H and O–H groups in total. The third-order valence-electron chi connectivity index (χ3n) is 5.55. The van der Waals surface area contributed by atoms with Gasteiger partial charge in [0.15, 0.2) is 11.6 Å². The SMILES string of the molecule is CCCCc1ccc2cc(-c3cc(F)c(-c4ccc(OC(F)(F)F)c(F)c4)c(F)c3)ccc2c1. The Morgan fingerprint density at radius 2 is 1.29 bits per heavy atom. The van der Waals surface area contributed by atoms with Crippen molar-refractivity contribution in [3.05, 3.63) is 89.7 Å². The Labute approximate surface area is 192 Å². The molecule has 34 heavy (non-hydrogen) atoms. The summed E-state index contributed by atoms with van der Waals surface area (Å²) in [5, 5.41) is 1.94. The van der Waals surface area contributed by atoms with Gasteiger partial charge in [-0.1, -0.05) is 49.7 Å². The molecule has 4 rings (SSSR count). The van der Waals surface area contributed by atoms with E-state index in [0.717, 1.165) is 48.2 Å². The molecular weight excluding hydrogens is 454 g/mol. The first-order chi connectivity index (χ1) is 16.1. The fraction of sp³-hybridized carbons (Fsp3) is 0.185. The Hall–Kier alpha value is -3.48. The van der Waals surface area contributed by atoms with Crippen LogP contribution < -0.4 is 4.74 Å². The summed E-state index contributed by atoms with van der Waals surface area (Å²) in [6.45, 7) is 2.13. The van der Waals surface area contributed by atoms with Gasteiger partial charge in [-0.3, -0.25) is 0 Å². The van der Waals surface area contributed by atoms with E-state index in [0.29, 0.717) is 17.7 Å². The highest BCUT2D eigenvalue weighted by molar-refractivity contribution is 5.88. The predicted molar refractivity (Wildman–Crippen MR) is 120 cm³/mol. The van der Waals surface area contributed by atoms with Crippen molar-refractivity contribution in [3.63, 3.8) is 0 Å². The van der Waals surface area contributed by atoms with Crippen LogP contribution in [0.1, 0.15) is 25.3 Å². The van der Waals surface area contributed by atoms with Crippen LogP contribution >= 0.6 is 0 Å². The van der Waals surface area contributed by atoms with Crippen LogP contribution in [-0.4, -0.2) is 6.36 Å².